The Balaban J connectivity index is 2.30. The lowest BCUT2D eigenvalue weighted by atomic mass is 10.1. The number of aromatic nitrogens is 1. The van der Waals surface area contributed by atoms with Crippen molar-refractivity contribution in [1.29, 1.82) is 0 Å². The molecule has 1 aromatic carbocycles. The molecule has 1 N–H and O–H groups in total. The number of nitrogens with one attached hydrogen (secondary N) is 1. The molecule has 0 spiro atoms. The summed E-state index contributed by atoms with van der Waals surface area (Å²) < 4.78 is 5.40. The Morgan fingerprint density at radius 2 is 2.06 bits per heavy atom. The Kier molecular flexibility index (Phi) is 1.96. The Morgan fingerprint density at radius 3 is 2.81 bits per heavy atom. The van der Waals surface area contributed by atoms with Gasteiger partial charge in [-0.1, -0.05) is 17.3 Å². The summed E-state index contributed by atoms with van der Waals surface area (Å²) in [6.45, 7) is 5.79. The zero-order valence-corrected chi connectivity index (χ0v) is 9.37. The van der Waals surface area contributed by atoms with Crippen molar-refractivity contribution in [3.63, 3.8) is 0 Å². The van der Waals surface area contributed by atoms with E-state index >= 15 is 0 Å². The summed E-state index contributed by atoms with van der Waals surface area (Å²) in [5.41, 5.74) is 3.99. The summed E-state index contributed by atoms with van der Waals surface area (Å²) in [4.78, 5) is 4.38. The number of aliphatic imine (C=N–C) groups is 1. The fourth-order valence-electron chi connectivity index (χ4n) is 2.05. The van der Waals surface area contributed by atoms with Crippen molar-refractivity contribution in [2.45, 2.75) is 13.8 Å². The van der Waals surface area contributed by atoms with Gasteiger partial charge in [0.05, 0.1) is 11.9 Å². The molecule has 0 aliphatic carbocycles. The van der Waals surface area contributed by atoms with Crippen molar-refractivity contribution in [3.8, 4) is 0 Å². The van der Waals surface area contributed by atoms with Gasteiger partial charge in [-0.05, 0) is 25.0 Å². The molecule has 4 nitrogen and oxygen atoms in total. The topological polar surface area (TPSA) is 50.4 Å². The highest BCUT2D eigenvalue weighted by atomic mass is 16.5. The molecule has 2 aromatic rings. The average Bonchev–Trinajstić information content (AvgIpc) is 2.90. The summed E-state index contributed by atoms with van der Waals surface area (Å²) in [7, 11) is 0. The van der Waals surface area contributed by atoms with Gasteiger partial charge in [0.25, 0.3) is 0 Å². The number of benzene rings is 1. The lowest BCUT2D eigenvalue weighted by Crippen LogP contribution is -2.20. The molecule has 0 unspecified atom stereocenters. The van der Waals surface area contributed by atoms with Crippen LogP contribution in [0, 0.1) is 13.8 Å². The number of aryl methyl sites for hydroxylation is 2. The second kappa shape index (κ2) is 3.33. The molecule has 0 saturated carbocycles. The second-order valence-corrected chi connectivity index (χ2v) is 4.09. The third kappa shape index (κ3) is 1.23. The molecule has 82 valence electrons. The van der Waals surface area contributed by atoms with E-state index in [4.69, 9.17) is 4.52 Å². The molecule has 0 amide bonds. The van der Waals surface area contributed by atoms with E-state index in [-0.39, 0.29) is 0 Å². The van der Waals surface area contributed by atoms with Crippen molar-refractivity contribution < 1.29 is 4.52 Å². The third-order valence-electron chi connectivity index (χ3n) is 2.93. The van der Waals surface area contributed by atoms with Gasteiger partial charge in [0.1, 0.15) is 0 Å². The number of rotatable bonds is 1. The Morgan fingerprint density at radius 1 is 1.25 bits per heavy atom. The van der Waals surface area contributed by atoms with E-state index in [1.807, 2.05) is 6.92 Å². The zero-order valence-electron chi connectivity index (χ0n) is 9.37. The van der Waals surface area contributed by atoms with Crippen LogP contribution in [0.5, 0.6) is 0 Å². The van der Waals surface area contributed by atoms with E-state index in [1.54, 1.807) is 0 Å². The van der Waals surface area contributed by atoms with E-state index in [1.165, 1.54) is 5.56 Å². The van der Waals surface area contributed by atoms with Crippen molar-refractivity contribution >= 4 is 16.8 Å². The predicted octanol–water partition coefficient (Wildman–Crippen LogP) is 1.79. The fraction of sp³-hybridized carbons (Fsp3) is 0.333. The SMILES string of the molecule is Cc1ccc(C)c2c(C3=NCCN3)noc12. The minimum atomic E-state index is 0.814. The molecule has 3 rings (SSSR count). The quantitative estimate of drug-likeness (QED) is 0.789. The van der Waals surface area contributed by atoms with Gasteiger partial charge in [0.15, 0.2) is 17.1 Å². The van der Waals surface area contributed by atoms with E-state index in [0.717, 1.165) is 41.2 Å². The van der Waals surface area contributed by atoms with Crippen molar-refractivity contribution in [1.82, 2.24) is 10.5 Å². The third-order valence-corrected chi connectivity index (χ3v) is 2.93. The molecule has 1 aromatic heterocycles. The van der Waals surface area contributed by atoms with Crippen LogP contribution >= 0.6 is 0 Å². The first-order chi connectivity index (χ1) is 7.77. The summed E-state index contributed by atoms with van der Waals surface area (Å²) >= 11 is 0. The smallest absolute Gasteiger partial charge is 0.170 e. The lowest BCUT2D eigenvalue weighted by Gasteiger charge is -2.00. The molecule has 2 heterocycles. The first-order valence-electron chi connectivity index (χ1n) is 5.41. The lowest BCUT2D eigenvalue weighted by molar-refractivity contribution is 0.453. The molecule has 0 atom stereocenters. The number of hydrogen-bond acceptors (Lipinski definition) is 4. The minimum absolute atomic E-state index is 0.814. The van der Waals surface area contributed by atoms with Crippen LogP contribution in [0.2, 0.25) is 0 Å². The van der Waals surface area contributed by atoms with Gasteiger partial charge in [-0.15, -0.1) is 0 Å². The largest absolute Gasteiger partial charge is 0.367 e. The molecule has 0 saturated heterocycles. The van der Waals surface area contributed by atoms with Crippen molar-refractivity contribution in [2.75, 3.05) is 13.1 Å². The molecular formula is C12H13N3O. The summed E-state index contributed by atoms with van der Waals surface area (Å²) in [5.74, 6) is 0.854. The number of fused-ring (bicyclic) bond motifs is 1. The van der Waals surface area contributed by atoms with Gasteiger partial charge in [-0.25, -0.2) is 0 Å². The molecular weight excluding hydrogens is 202 g/mol. The van der Waals surface area contributed by atoms with Gasteiger partial charge in [0, 0.05) is 6.54 Å². The van der Waals surface area contributed by atoms with Crippen LogP contribution in [-0.4, -0.2) is 24.1 Å². The van der Waals surface area contributed by atoms with Gasteiger partial charge in [-0.3, -0.25) is 4.99 Å². The maximum atomic E-state index is 5.40. The molecule has 4 heteroatoms. The van der Waals surface area contributed by atoms with Gasteiger partial charge in [0.2, 0.25) is 0 Å². The van der Waals surface area contributed by atoms with Crippen LogP contribution in [0.15, 0.2) is 21.6 Å². The molecule has 16 heavy (non-hydrogen) atoms. The number of nitrogens with zero attached hydrogens (tertiary/aromatic N) is 2. The maximum absolute atomic E-state index is 5.40. The van der Waals surface area contributed by atoms with Gasteiger partial charge < -0.3 is 9.84 Å². The maximum Gasteiger partial charge on any atom is 0.170 e. The van der Waals surface area contributed by atoms with Crippen molar-refractivity contribution in [3.05, 3.63) is 29.0 Å². The Bertz CT molecular complexity index is 583. The number of amidine groups is 1. The van der Waals surface area contributed by atoms with Crippen LogP contribution in [0.3, 0.4) is 0 Å². The highest BCUT2D eigenvalue weighted by molar-refractivity contribution is 6.09. The van der Waals surface area contributed by atoms with Crippen LogP contribution < -0.4 is 5.32 Å². The predicted molar refractivity (Wildman–Crippen MR) is 62.9 cm³/mol. The van der Waals surface area contributed by atoms with Crippen LogP contribution in [0.1, 0.15) is 16.8 Å². The van der Waals surface area contributed by atoms with Crippen LogP contribution in [-0.2, 0) is 0 Å². The first-order valence-corrected chi connectivity index (χ1v) is 5.41. The minimum Gasteiger partial charge on any atom is -0.367 e. The monoisotopic (exact) mass is 215 g/mol. The second-order valence-electron chi connectivity index (χ2n) is 4.09. The molecule has 0 radical (unpaired) electrons. The molecule has 0 bridgehead atoms. The van der Waals surface area contributed by atoms with E-state index in [0.29, 0.717) is 0 Å². The van der Waals surface area contributed by atoms with E-state index < -0.39 is 0 Å². The average molecular weight is 215 g/mol. The van der Waals surface area contributed by atoms with E-state index in [2.05, 4.69) is 34.5 Å². The Labute approximate surface area is 93.3 Å². The zero-order chi connectivity index (χ0) is 11.1. The molecule has 1 aliphatic rings. The Hall–Kier alpha value is -1.84. The first kappa shape index (κ1) is 9.39. The van der Waals surface area contributed by atoms with E-state index in [9.17, 15) is 0 Å². The summed E-state index contributed by atoms with van der Waals surface area (Å²) in [6.07, 6.45) is 0. The summed E-state index contributed by atoms with van der Waals surface area (Å²) in [5, 5.41) is 8.43. The number of hydrogen-bond donors (Lipinski definition) is 1. The fourth-order valence-corrected chi connectivity index (χ4v) is 2.05. The van der Waals surface area contributed by atoms with Gasteiger partial charge >= 0.3 is 0 Å². The van der Waals surface area contributed by atoms with Crippen LogP contribution in [0.4, 0.5) is 0 Å². The highest BCUT2D eigenvalue weighted by Crippen LogP contribution is 2.25. The normalized spacial score (nSPS) is 15.2. The van der Waals surface area contributed by atoms with Crippen LogP contribution in [0.25, 0.3) is 11.0 Å². The standard InChI is InChI=1S/C12H13N3O/c1-7-3-4-8(2)11-9(7)10(15-16-11)12-13-5-6-14-12/h3-4H,5-6H2,1-2H3,(H,13,14). The van der Waals surface area contributed by atoms with Crippen molar-refractivity contribution in [2.24, 2.45) is 4.99 Å². The summed E-state index contributed by atoms with van der Waals surface area (Å²) in [6, 6.07) is 4.14. The highest BCUT2D eigenvalue weighted by Gasteiger charge is 2.19. The molecule has 1 aliphatic heterocycles. The molecule has 0 fully saturated rings. The van der Waals surface area contributed by atoms with Gasteiger partial charge in [-0.2, -0.15) is 0 Å².